The summed E-state index contributed by atoms with van der Waals surface area (Å²) in [5.74, 6) is -1.18. The number of imidazole rings is 1. The fraction of sp³-hybridized carbons (Fsp3) is 0.615. The molecule has 1 aromatic heterocycles. The Morgan fingerprint density at radius 1 is 1.42 bits per heavy atom. The van der Waals surface area contributed by atoms with Gasteiger partial charge in [-0.25, -0.2) is 4.98 Å². The zero-order valence-electron chi connectivity index (χ0n) is 11.0. The van der Waals surface area contributed by atoms with Crippen molar-refractivity contribution >= 4 is 11.9 Å². The molecule has 0 aliphatic carbocycles. The van der Waals surface area contributed by atoms with E-state index < -0.39 is 11.9 Å². The molecule has 1 aliphatic heterocycles. The minimum Gasteiger partial charge on any atom is -0.481 e. The van der Waals surface area contributed by atoms with Gasteiger partial charge in [0, 0.05) is 25.5 Å². The molecule has 0 saturated carbocycles. The summed E-state index contributed by atoms with van der Waals surface area (Å²) >= 11 is 0. The SMILES string of the molecule is CCC[C@@H]1CN(C(=O)Cn2ccnc2)C[C@H]1C(=O)O. The molecule has 6 heteroatoms. The van der Waals surface area contributed by atoms with Crippen molar-refractivity contribution in [1.82, 2.24) is 14.5 Å². The van der Waals surface area contributed by atoms with Crippen LogP contribution in [0.4, 0.5) is 0 Å². The van der Waals surface area contributed by atoms with Gasteiger partial charge in [0.2, 0.25) is 5.91 Å². The highest BCUT2D eigenvalue weighted by molar-refractivity contribution is 5.78. The second-order valence-corrected chi connectivity index (χ2v) is 5.03. The lowest BCUT2D eigenvalue weighted by Crippen LogP contribution is -2.32. The van der Waals surface area contributed by atoms with E-state index in [1.54, 1.807) is 28.2 Å². The number of amides is 1. The van der Waals surface area contributed by atoms with Crippen LogP contribution in [-0.4, -0.2) is 44.5 Å². The monoisotopic (exact) mass is 265 g/mol. The Morgan fingerprint density at radius 3 is 2.79 bits per heavy atom. The molecule has 0 spiro atoms. The van der Waals surface area contributed by atoms with Crippen LogP contribution in [0.2, 0.25) is 0 Å². The van der Waals surface area contributed by atoms with Crippen LogP contribution >= 0.6 is 0 Å². The molecule has 2 atom stereocenters. The summed E-state index contributed by atoms with van der Waals surface area (Å²) in [6.45, 7) is 3.14. The van der Waals surface area contributed by atoms with Crippen LogP contribution in [-0.2, 0) is 16.1 Å². The first kappa shape index (κ1) is 13.6. The number of rotatable bonds is 5. The molecule has 1 saturated heterocycles. The van der Waals surface area contributed by atoms with Crippen LogP contribution in [0.3, 0.4) is 0 Å². The number of nitrogens with zero attached hydrogens (tertiary/aromatic N) is 3. The van der Waals surface area contributed by atoms with E-state index in [0.29, 0.717) is 13.1 Å². The summed E-state index contributed by atoms with van der Waals surface area (Å²) in [4.78, 5) is 28.9. The van der Waals surface area contributed by atoms with E-state index in [1.807, 2.05) is 6.92 Å². The van der Waals surface area contributed by atoms with E-state index in [9.17, 15) is 14.7 Å². The highest BCUT2D eigenvalue weighted by Gasteiger charge is 2.38. The Morgan fingerprint density at radius 2 is 2.21 bits per heavy atom. The standard InChI is InChI=1S/C13H19N3O3/c1-2-3-10-6-16(7-11(10)13(18)19)12(17)8-15-5-4-14-9-15/h4-5,9-11H,2-3,6-8H2,1H3,(H,18,19)/t10-,11-/m1/s1. The average Bonchev–Trinajstić information content (AvgIpc) is 2.98. The van der Waals surface area contributed by atoms with E-state index in [2.05, 4.69) is 4.98 Å². The molecule has 1 amide bonds. The second kappa shape index (κ2) is 5.86. The smallest absolute Gasteiger partial charge is 0.308 e. The molecule has 6 nitrogen and oxygen atoms in total. The molecular weight excluding hydrogens is 246 g/mol. The van der Waals surface area contributed by atoms with Crippen LogP contribution in [0.25, 0.3) is 0 Å². The number of hydrogen-bond acceptors (Lipinski definition) is 3. The maximum atomic E-state index is 12.1. The van der Waals surface area contributed by atoms with E-state index in [1.165, 1.54) is 0 Å². The zero-order chi connectivity index (χ0) is 13.8. The Labute approximate surface area is 112 Å². The molecule has 0 bridgehead atoms. The van der Waals surface area contributed by atoms with Crippen molar-refractivity contribution in [2.45, 2.75) is 26.3 Å². The maximum absolute atomic E-state index is 12.1. The maximum Gasteiger partial charge on any atom is 0.308 e. The lowest BCUT2D eigenvalue weighted by Gasteiger charge is -2.16. The van der Waals surface area contributed by atoms with Crippen molar-refractivity contribution in [1.29, 1.82) is 0 Å². The molecule has 19 heavy (non-hydrogen) atoms. The quantitative estimate of drug-likeness (QED) is 0.856. The lowest BCUT2D eigenvalue weighted by atomic mass is 9.92. The third-order valence-electron chi connectivity index (χ3n) is 3.65. The van der Waals surface area contributed by atoms with Crippen LogP contribution < -0.4 is 0 Å². The second-order valence-electron chi connectivity index (χ2n) is 5.03. The predicted octanol–water partition coefficient (Wildman–Crippen LogP) is 0.842. The normalized spacial score (nSPS) is 22.7. The molecule has 0 unspecified atom stereocenters. The highest BCUT2D eigenvalue weighted by Crippen LogP contribution is 2.27. The predicted molar refractivity (Wildman–Crippen MR) is 68.3 cm³/mol. The van der Waals surface area contributed by atoms with Gasteiger partial charge in [0.1, 0.15) is 6.54 Å². The van der Waals surface area contributed by atoms with Gasteiger partial charge in [0.05, 0.1) is 12.2 Å². The molecule has 1 aliphatic rings. The molecule has 2 heterocycles. The Balaban J connectivity index is 1.98. The summed E-state index contributed by atoms with van der Waals surface area (Å²) in [5, 5.41) is 9.21. The number of aliphatic carboxylic acids is 1. The van der Waals surface area contributed by atoms with Gasteiger partial charge in [0.25, 0.3) is 0 Å². The Hall–Kier alpha value is -1.85. The van der Waals surface area contributed by atoms with Crippen LogP contribution in [0.5, 0.6) is 0 Å². The summed E-state index contributed by atoms with van der Waals surface area (Å²) in [6, 6.07) is 0. The van der Waals surface area contributed by atoms with Gasteiger partial charge in [-0.1, -0.05) is 13.3 Å². The van der Waals surface area contributed by atoms with E-state index in [4.69, 9.17) is 0 Å². The number of carbonyl (C=O) groups is 2. The molecule has 0 radical (unpaired) electrons. The van der Waals surface area contributed by atoms with Crippen molar-refractivity contribution in [2.75, 3.05) is 13.1 Å². The van der Waals surface area contributed by atoms with Gasteiger partial charge < -0.3 is 14.6 Å². The molecule has 1 fully saturated rings. The third kappa shape index (κ3) is 3.13. The van der Waals surface area contributed by atoms with Gasteiger partial charge in [0.15, 0.2) is 0 Å². The van der Waals surface area contributed by atoms with Crippen molar-refractivity contribution in [3.05, 3.63) is 18.7 Å². The number of carboxylic acid groups (broad SMARTS) is 1. The highest BCUT2D eigenvalue weighted by atomic mass is 16.4. The number of hydrogen-bond donors (Lipinski definition) is 1. The van der Waals surface area contributed by atoms with Gasteiger partial charge >= 0.3 is 5.97 Å². The first-order valence-corrected chi connectivity index (χ1v) is 6.58. The molecule has 104 valence electrons. The van der Waals surface area contributed by atoms with Crippen LogP contribution in [0.1, 0.15) is 19.8 Å². The largest absolute Gasteiger partial charge is 0.481 e. The summed E-state index contributed by atoms with van der Waals surface area (Å²) in [6.07, 6.45) is 6.74. The minimum atomic E-state index is -0.795. The zero-order valence-corrected chi connectivity index (χ0v) is 11.0. The Kier molecular flexibility index (Phi) is 4.19. The van der Waals surface area contributed by atoms with Crippen LogP contribution in [0.15, 0.2) is 18.7 Å². The van der Waals surface area contributed by atoms with Gasteiger partial charge in [-0.05, 0) is 12.3 Å². The molecule has 1 aromatic rings. The minimum absolute atomic E-state index is 0.0390. The number of aromatic nitrogens is 2. The first-order chi connectivity index (χ1) is 9.11. The molecule has 1 N–H and O–H groups in total. The summed E-state index contributed by atoms with van der Waals surface area (Å²) < 4.78 is 1.70. The number of likely N-dealkylation sites (tertiary alicyclic amines) is 1. The third-order valence-corrected chi connectivity index (χ3v) is 3.65. The number of carbonyl (C=O) groups excluding carboxylic acids is 1. The topological polar surface area (TPSA) is 75.4 Å². The van der Waals surface area contributed by atoms with Gasteiger partial charge in [-0.2, -0.15) is 0 Å². The van der Waals surface area contributed by atoms with Crippen molar-refractivity contribution in [3.8, 4) is 0 Å². The van der Waals surface area contributed by atoms with E-state index in [-0.39, 0.29) is 18.4 Å². The van der Waals surface area contributed by atoms with Crippen molar-refractivity contribution in [2.24, 2.45) is 11.8 Å². The van der Waals surface area contributed by atoms with Gasteiger partial charge in [-0.3, -0.25) is 9.59 Å². The number of carboxylic acids is 1. The average molecular weight is 265 g/mol. The van der Waals surface area contributed by atoms with Crippen LogP contribution in [0, 0.1) is 11.8 Å². The van der Waals surface area contributed by atoms with E-state index >= 15 is 0 Å². The molecule has 0 aromatic carbocycles. The van der Waals surface area contributed by atoms with Crippen molar-refractivity contribution < 1.29 is 14.7 Å². The Bertz CT molecular complexity index is 444. The molecule has 2 rings (SSSR count). The van der Waals surface area contributed by atoms with Crippen molar-refractivity contribution in [3.63, 3.8) is 0 Å². The van der Waals surface area contributed by atoms with E-state index in [0.717, 1.165) is 12.8 Å². The first-order valence-electron chi connectivity index (χ1n) is 6.58. The van der Waals surface area contributed by atoms with Gasteiger partial charge in [-0.15, -0.1) is 0 Å². The summed E-state index contributed by atoms with van der Waals surface area (Å²) in [5.41, 5.74) is 0. The molecular formula is C13H19N3O3. The lowest BCUT2D eigenvalue weighted by molar-refractivity contribution is -0.142. The summed E-state index contributed by atoms with van der Waals surface area (Å²) in [7, 11) is 0. The fourth-order valence-electron chi connectivity index (χ4n) is 2.65. The fourth-order valence-corrected chi connectivity index (χ4v) is 2.65.